The van der Waals surface area contributed by atoms with Gasteiger partial charge in [0, 0.05) is 18.9 Å². The summed E-state index contributed by atoms with van der Waals surface area (Å²) in [4.78, 5) is 29.6. The molecule has 2 heterocycles. The average molecular weight is 261 g/mol. The van der Waals surface area contributed by atoms with Crippen molar-refractivity contribution in [2.75, 3.05) is 6.54 Å². The Kier molecular flexibility index (Phi) is 3.83. The van der Waals surface area contributed by atoms with Crippen molar-refractivity contribution in [3.8, 4) is 0 Å². The molecule has 5 heteroatoms. The minimum absolute atomic E-state index is 0.169. The quantitative estimate of drug-likeness (QED) is 0.821. The number of carbonyl (C=O) groups excluding carboxylic acids is 2. The van der Waals surface area contributed by atoms with Gasteiger partial charge in [0.15, 0.2) is 0 Å². The Hall–Kier alpha value is -1.91. The highest BCUT2D eigenvalue weighted by molar-refractivity contribution is 6.06. The molecule has 102 valence electrons. The van der Waals surface area contributed by atoms with E-state index in [9.17, 15) is 9.59 Å². The second-order valence-corrected chi connectivity index (χ2v) is 4.76. The average Bonchev–Trinajstić information content (AvgIpc) is 2.68. The summed E-state index contributed by atoms with van der Waals surface area (Å²) >= 11 is 0. The van der Waals surface area contributed by atoms with E-state index in [2.05, 4.69) is 10.3 Å². The number of urea groups is 1. The van der Waals surface area contributed by atoms with Crippen LogP contribution in [0.5, 0.6) is 0 Å². The second kappa shape index (κ2) is 5.38. The van der Waals surface area contributed by atoms with Crippen molar-refractivity contribution in [2.45, 2.75) is 38.6 Å². The molecule has 5 nitrogen and oxygen atoms in total. The van der Waals surface area contributed by atoms with Gasteiger partial charge in [0.05, 0.1) is 0 Å². The van der Waals surface area contributed by atoms with Crippen LogP contribution >= 0.6 is 0 Å². The second-order valence-electron chi connectivity index (χ2n) is 4.76. The van der Waals surface area contributed by atoms with Crippen LogP contribution in [-0.4, -0.2) is 33.9 Å². The van der Waals surface area contributed by atoms with Crippen LogP contribution in [0.15, 0.2) is 24.5 Å². The maximum Gasteiger partial charge on any atom is 0.325 e. The number of pyridine rings is 1. The molecule has 0 aromatic carbocycles. The Balaban J connectivity index is 2.13. The first-order valence-electron chi connectivity index (χ1n) is 6.66. The molecule has 3 amide bonds. The fourth-order valence-corrected chi connectivity index (χ4v) is 2.66. The number of carbonyl (C=O) groups is 2. The summed E-state index contributed by atoms with van der Waals surface area (Å²) in [6.45, 7) is 4.44. The molecule has 1 N–H and O–H groups in total. The highest BCUT2D eigenvalue weighted by Crippen LogP contribution is 2.29. The Morgan fingerprint density at radius 2 is 1.84 bits per heavy atom. The molecule has 1 aromatic rings. The number of nitrogens with one attached hydrogen (secondary N) is 1. The summed E-state index contributed by atoms with van der Waals surface area (Å²) in [5.41, 5.74) is 0.438. The van der Waals surface area contributed by atoms with E-state index >= 15 is 0 Å². The van der Waals surface area contributed by atoms with E-state index in [0.717, 1.165) is 12.0 Å². The fraction of sp³-hybridized carbons (Fsp3) is 0.500. The first-order valence-corrected chi connectivity index (χ1v) is 6.66. The van der Waals surface area contributed by atoms with Gasteiger partial charge in [-0.2, -0.15) is 0 Å². The Bertz CT molecular complexity index is 469. The molecule has 0 bridgehead atoms. The zero-order chi connectivity index (χ0) is 13.9. The predicted molar refractivity (Wildman–Crippen MR) is 71.5 cm³/mol. The fourth-order valence-electron chi connectivity index (χ4n) is 2.66. The lowest BCUT2D eigenvalue weighted by atomic mass is 9.91. The van der Waals surface area contributed by atoms with Crippen molar-refractivity contribution < 1.29 is 9.59 Å². The Morgan fingerprint density at radius 3 is 2.42 bits per heavy atom. The molecule has 1 aliphatic heterocycles. The SMILES string of the molecule is CCC1(CC)C(=O)NC(=O)N1CCc1ccncc1. The topological polar surface area (TPSA) is 62.3 Å². The van der Waals surface area contributed by atoms with Crippen LogP contribution < -0.4 is 5.32 Å². The third-order valence-corrected chi connectivity index (χ3v) is 3.95. The van der Waals surface area contributed by atoms with Crippen LogP contribution in [0.3, 0.4) is 0 Å². The minimum Gasteiger partial charge on any atom is -0.309 e. The van der Waals surface area contributed by atoms with E-state index in [-0.39, 0.29) is 11.9 Å². The Labute approximate surface area is 113 Å². The van der Waals surface area contributed by atoms with Crippen LogP contribution in [0.2, 0.25) is 0 Å². The maximum absolute atomic E-state index is 12.0. The third-order valence-electron chi connectivity index (χ3n) is 3.95. The van der Waals surface area contributed by atoms with Gasteiger partial charge in [-0.1, -0.05) is 13.8 Å². The van der Waals surface area contributed by atoms with Crippen molar-refractivity contribution >= 4 is 11.9 Å². The Morgan fingerprint density at radius 1 is 1.21 bits per heavy atom. The van der Waals surface area contributed by atoms with Gasteiger partial charge >= 0.3 is 6.03 Å². The third kappa shape index (κ3) is 2.32. The van der Waals surface area contributed by atoms with Gasteiger partial charge < -0.3 is 4.90 Å². The van der Waals surface area contributed by atoms with Crippen molar-refractivity contribution in [3.63, 3.8) is 0 Å². The number of rotatable bonds is 5. The molecule has 1 fully saturated rings. The van der Waals surface area contributed by atoms with Crippen LogP contribution in [0.4, 0.5) is 4.79 Å². The first kappa shape index (κ1) is 13.5. The highest BCUT2D eigenvalue weighted by atomic mass is 16.2. The molecule has 1 saturated heterocycles. The largest absolute Gasteiger partial charge is 0.325 e. The molecule has 0 aliphatic carbocycles. The smallest absolute Gasteiger partial charge is 0.309 e. The number of nitrogens with zero attached hydrogens (tertiary/aromatic N) is 2. The standard InChI is InChI=1S/C14H19N3O2/c1-3-14(4-2)12(18)16-13(19)17(14)10-7-11-5-8-15-9-6-11/h5-6,8-9H,3-4,7,10H2,1-2H3,(H,16,18,19). The summed E-state index contributed by atoms with van der Waals surface area (Å²) < 4.78 is 0. The van der Waals surface area contributed by atoms with Crippen LogP contribution in [0.1, 0.15) is 32.3 Å². The summed E-state index contributed by atoms with van der Waals surface area (Å²) in [7, 11) is 0. The van der Waals surface area contributed by atoms with Crippen LogP contribution in [0.25, 0.3) is 0 Å². The van der Waals surface area contributed by atoms with Gasteiger partial charge in [-0.3, -0.25) is 15.1 Å². The van der Waals surface area contributed by atoms with Gasteiger partial charge in [-0.15, -0.1) is 0 Å². The van der Waals surface area contributed by atoms with Crippen molar-refractivity contribution in [1.29, 1.82) is 0 Å². The summed E-state index contributed by atoms with van der Waals surface area (Å²) in [5.74, 6) is -0.169. The monoisotopic (exact) mass is 261 g/mol. The molecule has 0 radical (unpaired) electrons. The lowest BCUT2D eigenvalue weighted by Gasteiger charge is -2.33. The van der Waals surface area contributed by atoms with E-state index in [1.54, 1.807) is 17.3 Å². The summed E-state index contributed by atoms with van der Waals surface area (Å²) in [6.07, 6.45) is 5.47. The normalized spacial score (nSPS) is 17.7. The van der Waals surface area contributed by atoms with Gasteiger partial charge in [0.25, 0.3) is 5.91 Å². The molecule has 0 unspecified atom stereocenters. The minimum atomic E-state index is -0.676. The van der Waals surface area contributed by atoms with Gasteiger partial charge in [-0.25, -0.2) is 4.79 Å². The van der Waals surface area contributed by atoms with E-state index in [1.807, 2.05) is 26.0 Å². The molecule has 2 rings (SSSR count). The number of amides is 3. The van der Waals surface area contributed by atoms with E-state index in [4.69, 9.17) is 0 Å². The summed E-state index contributed by atoms with van der Waals surface area (Å²) in [6, 6.07) is 3.58. The molecule has 0 atom stereocenters. The molecule has 0 spiro atoms. The van der Waals surface area contributed by atoms with E-state index in [1.165, 1.54) is 0 Å². The highest BCUT2D eigenvalue weighted by Gasteiger charge is 2.49. The van der Waals surface area contributed by atoms with E-state index in [0.29, 0.717) is 19.4 Å². The molecule has 19 heavy (non-hydrogen) atoms. The number of aromatic nitrogens is 1. The molecule has 1 aliphatic rings. The zero-order valence-electron chi connectivity index (χ0n) is 11.3. The predicted octanol–water partition coefficient (Wildman–Crippen LogP) is 1.73. The lowest BCUT2D eigenvalue weighted by molar-refractivity contribution is -0.127. The van der Waals surface area contributed by atoms with Crippen LogP contribution in [0, 0.1) is 0 Å². The lowest BCUT2D eigenvalue weighted by Crippen LogP contribution is -2.49. The summed E-state index contributed by atoms with van der Waals surface area (Å²) in [5, 5.41) is 2.43. The van der Waals surface area contributed by atoms with Gasteiger partial charge in [0.1, 0.15) is 5.54 Å². The number of hydrogen-bond acceptors (Lipinski definition) is 3. The molecule has 0 saturated carbocycles. The first-order chi connectivity index (χ1) is 9.14. The van der Waals surface area contributed by atoms with Crippen molar-refractivity contribution in [3.05, 3.63) is 30.1 Å². The number of hydrogen-bond donors (Lipinski definition) is 1. The van der Waals surface area contributed by atoms with Gasteiger partial charge in [-0.05, 0) is 37.0 Å². The maximum atomic E-state index is 12.0. The van der Waals surface area contributed by atoms with Gasteiger partial charge in [0.2, 0.25) is 0 Å². The van der Waals surface area contributed by atoms with E-state index < -0.39 is 5.54 Å². The van der Waals surface area contributed by atoms with Crippen molar-refractivity contribution in [2.24, 2.45) is 0 Å². The zero-order valence-corrected chi connectivity index (χ0v) is 11.3. The molecular weight excluding hydrogens is 242 g/mol. The van der Waals surface area contributed by atoms with Crippen molar-refractivity contribution in [1.82, 2.24) is 15.2 Å². The molecular formula is C14H19N3O2. The number of imide groups is 1. The van der Waals surface area contributed by atoms with Crippen LogP contribution in [-0.2, 0) is 11.2 Å². The molecule has 1 aromatic heterocycles.